The molecular weight excluding hydrogens is 334 g/mol. The van der Waals surface area contributed by atoms with E-state index < -0.39 is 0 Å². The summed E-state index contributed by atoms with van der Waals surface area (Å²) in [7, 11) is 0. The Morgan fingerprint density at radius 3 is 2.52 bits per heavy atom. The molecule has 0 saturated heterocycles. The Hall–Kier alpha value is -1.87. The summed E-state index contributed by atoms with van der Waals surface area (Å²) >= 11 is 0. The molecule has 0 saturated carbocycles. The van der Waals surface area contributed by atoms with E-state index in [1.54, 1.807) is 0 Å². The molecule has 1 aromatic rings. The van der Waals surface area contributed by atoms with Gasteiger partial charge in [0.15, 0.2) is 0 Å². The fraction of sp³-hybridized carbons (Fsp3) is 0.542. The van der Waals surface area contributed by atoms with Crippen molar-refractivity contribution in [3.63, 3.8) is 0 Å². The lowest BCUT2D eigenvalue weighted by Gasteiger charge is -2.06. The maximum atomic E-state index is 11.8. The Bertz CT molecular complexity index is 537. The van der Waals surface area contributed by atoms with Gasteiger partial charge in [-0.15, -0.1) is 0 Å². The van der Waals surface area contributed by atoms with Gasteiger partial charge in [-0.05, 0) is 37.8 Å². The zero-order chi connectivity index (χ0) is 19.6. The maximum absolute atomic E-state index is 11.8. The lowest BCUT2D eigenvalue weighted by atomic mass is 10.1. The third kappa shape index (κ3) is 13.9. The number of rotatable bonds is 15. The zero-order valence-corrected chi connectivity index (χ0v) is 16.9. The molecule has 0 spiro atoms. The number of allylic oxidation sites excluding steroid dienone is 3. The predicted octanol–water partition coefficient (Wildman–Crippen LogP) is 6.41. The molecule has 0 heterocycles. The van der Waals surface area contributed by atoms with Crippen LogP contribution in [0.2, 0.25) is 0 Å². The zero-order valence-electron chi connectivity index (χ0n) is 16.9. The number of carbonyl (C=O) groups is 1. The van der Waals surface area contributed by atoms with Crippen LogP contribution in [-0.4, -0.2) is 17.1 Å². The van der Waals surface area contributed by atoms with Crippen LogP contribution in [0.5, 0.6) is 0 Å². The molecule has 1 rings (SSSR count). The largest absolute Gasteiger partial charge is 0.389 e. The molecule has 150 valence electrons. The molecule has 1 unspecified atom stereocenters. The minimum atomic E-state index is -0.345. The molecule has 0 radical (unpaired) electrons. The molecule has 27 heavy (non-hydrogen) atoms. The number of aliphatic hydroxyl groups excluding tert-OH is 1. The second kappa shape index (κ2) is 16.3. The summed E-state index contributed by atoms with van der Waals surface area (Å²) in [5.41, 5.74) is 0.861. The summed E-state index contributed by atoms with van der Waals surface area (Å²) in [6.07, 6.45) is 19.2. The molecule has 1 amide bonds. The smallest absolute Gasteiger partial charge is 0.224 e. The standard InChI is InChI=1S/C24H37NO2/c1-2-3-4-5-6-8-14-19-23(26)20-15-9-7-10-16-21-24(27)25-22-17-12-11-13-18-22/h6,8,11-14,17-19,23,26H,2-5,7,9-10,15-16,20-21H2,1H3,(H,25,27)/b8-6-,19-14-. The van der Waals surface area contributed by atoms with Crippen LogP contribution in [0.1, 0.15) is 77.6 Å². The molecule has 0 aromatic heterocycles. The van der Waals surface area contributed by atoms with Crippen LogP contribution in [0, 0.1) is 0 Å². The van der Waals surface area contributed by atoms with Gasteiger partial charge in [0, 0.05) is 12.1 Å². The second-order valence-corrected chi connectivity index (χ2v) is 7.10. The highest BCUT2D eigenvalue weighted by Crippen LogP contribution is 2.11. The van der Waals surface area contributed by atoms with Crippen molar-refractivity contribution >= 4 is 11.6 Å². The molecule has 0 aliphatic carbocycles. The SMILES string of the molecule is CCCCC/C=C\C=C/C(O)CCCCCCCC(=O)Nc1ccccc1. The molecule has 3 nitrogen and oxygen atoms in total. The van der Waals surface area contributed by atoms with E-state index in [1.807, 2.05) is 48.6 Å². The fourth-order valence-electron chi connectivity index (χ4n) is 2.89. The van der Waals surface area contributed by atoms with Crippen LogP contribution < -0.4 is 5.32 Å². The number of nitrogens with one attached hydrogen (secondary N) is 1. The normalized spacial score (nSPS) is 12.7. The molecule has 0 aliphatic heterocycles. The number of carbonyl (C=O) groups excluding carboxylic acids is 1. The topological polar surface area (TPSA) is 49.3 Å². The van der Waals surface area contributed by atoms with E-state index in [-0.39, 0.29) is 12.0 Å². The van der Waals surface area contributed by atoms with Gasteiger partial charge in [0.25, 0.3) is 0 Å². The summed E-state index contributed by atoms with van der Waals surface area (Å²) in [5.74, 6) is 0.0875. The number of para-hydroxylation sites is 1. The van der Waals surface area contributed by atoms with Crippen LogP contribution in [0.25, 0.3) is 0 Å². The highest BCUT2D eigenvalue weighted by molar-refractivity contribution is 5.90. The highest BCUT2D eigenvalue weighted by atomic mass is 16.3. The van der Waals surface area contributed by atoms with E-state index in [0.29, 0.717) is 6.42 Å². The van der Waals surface area contributed by atoms with Gasteiger partial charge in [-0.3, -0.25) is 4.79 Å². The number of anilines is 1. The van der Waals surface area contributed by atoms with Gasteiger partial charge in [0.05, 0.1) is 6.10 Å². The third-order valence-corrected chi connectivity index (χ3v) is 4.52. The van der Waals surface area contributed by atoms with Crippen LogP contribution >= 0.6 is 0 Å². The first-order valence-electron chi connectivity index (χ1n) is 10.6. The molecule has 0 bridgehead atoms. The van der Waals surface area contributed by atoms with E-state index in [1.165, 1.54) is 19.3 Å². The van der Waals surface area contributed by atoms with Crippen LogP contribution in [0.15, 0.2) is 54.6 Å². The van der Waals surface area contributed by atoms with Crippen molar-refractivity contribution in [1.29, 1.82) is 0 Å². The summed E-state index contributed by atoms with van der Waals surface area (Å²) in [6, 6.07) is 9.58. The first-order chi connectivity index (χ1) is 13.2. The number of benzene rings is 1. The van der Waals surface area contributed by atoms with E-state index in [9.17, 15) is 9.90 Å². The van der Waals surface area contributed by atoms with Crippen molar-refractivity contribution in [3.8, 4) is 0 Å². The molecule has 1 aromatic carbocycles. The van der Waals surface area contributed by atoms with Crippen molar-refractivity contribution in [3.05, 3.63) is 54.6 Å². The van der Waals surface area contributed by atoms with E-state index >= 15 is 0 Å². The third-order valence-electron chi connectivity index (χ3n) is 4.52. The van der Waals surface area contributed by atoms with Crippen molar-refractivity contribution in [2.75, 3.05) is 5.32 Å². The second-order valence-electron chi connectivity index (χ2n) is 7.10. The van der Waals surface area contributed by atoms with E-state index in [2.05, 4.69) is 18.3 Å². The number of unbranched alkanes of at least 4 members (excludes halogenated alkanes) is 7. The van der Waals surface area contributed by atoms with Gasteiger partial charge in [0.1, 0.15) is 0 Å². The first-order valence-corrected chi connectivity index (χ1v) is 10.6. The van der Waals surface area contributed by atoms with Gasteiger partial charge >= 0.3 is 0 Å². The van der Waals surface area contributed by atoms with Crippen LogP contribution in [-0.2, 0) is 4.79 Å². The number of amides is 1. The van der Waals surface area contributed by atoms with Crippen molar-refractivity contribution < 1.29 is 9.90 Å². The Kier molecular flexibility index (Phi) is 14.0. The monoisotopic (exact) mass is 371 g/mol. The number of hydrogen-bond donors (Lipinski definition) is 2. The lowest BCUT2D eigenvalue weighted by Crippen LogP contribution is -2.10. The molecule has 3 heteroatoms. The van der Waals surface area contributed by atoms with Crippen molar-refractivity contribution in [1.82, 2.24) is 0 Å². The van der Waals surface area contributed by atoms with Gasteiger partial charge in [0.2, 0.25) is 5.91 Å². The summed E-state index contributed by atoms with van der Waals surface area (Å²) in [5, 5.41) is 12.8. The van der Waals surface area contributed by atoms with Crippen molar-refractivity contribution in [2.24, 2.45) is 0 Å². The van der Waals surface area contributed by atoms with E-state index in [0.717, 1.165) is 50.6 Å². The Morgan fingerprint density at radius 2 is 1.74 bits per heavy atom. The van der Waals surface area contributed by atoms with Gasteiger partial charge in [-0.2, -0.15) is 0 Å². The molecule has 0 fully saturated rings. The summed E-state index contributed by atoms with van der Waals surface area (Å²) in [6.45, 7) is 2.21. The fourth-order valence-corrected chi connectivity index (χ4v) is 2.89. The van der Waals surface area contributed by atoms with Gasteiger partial charge < -0.3 is 10.4 Å². The average molecular weight is 372 g/mol. The van der Waals surface area contributed by atoms with Crippen LogP contribution in [0.3, 0.4) is 0 Å². The van der Waals surface area contributed by atoms with Crippen LogP contribution in [0.4, 0.5) is 5.69 Å². The Balaban J connectivity index is 1.95. The molecule has 2 N–H and O–H groups in total. The maximum Gasteiger partial charge on any atom is 0.224 e. The number of aliphatic hydroxyl groups is 1. The van der Waals surface area contributed by atoms with Gasteiger partial charge in [-0.1, -0.05) is 88.0 Å². The Morgan fingerprint density at radius 1 is 1.00 bits per heavy atom. The van der Waals surface area contributed by atoms with Crippen molar-refractivity contribution in [2.45, 2.75) is 83.7 Å². The number of hydrogen-bond acceptors (Lipinski definition) is 2. The predicted molar refractivity (Wildman–Crippen MR) is 116 cm³/mol. The van der Waals surface area contributed by atoms with Gasteiger partial charge in [-0.25, -0.2) is 0 Å². The van der Waals surface area contributed by atoms with E-state index in [4.69, 9.17) is 0 Å². The minimum absolute atomic E-state index is 0.0875. The summed E-state index contributed by atoms with van der Waals surface area (Å²) in [4.78, 5) is 11.8. The Labute approximate surface area is 165 Å². The lowest BCUT2D eigenvalue weighted by molar-refractivity contribution is -0.116. The highest BCUT2D eigenvalue weighted by Gasteiger charge is 2.02. The quantitative estimate of drug-likeness (QED) is 0.276. The molecule has 0 aliphatic rings. The minimum Gasteiger partial charge on any atom is -0.389 e. The molecular formula is C24H37NO2. The first kappa shape index (κ1) is 23.2. The average Bonchev–Trinajstić information content (AvgIpc) is 2.67. The molecule has 1 atom stereocenters. The summed E-state index contributed by atoms with van der Waals surface area (Å²) < 4.78 is 0.